The molecule has 3 aromatic rings. The molecule has 33 heavy (non-hydrogen) atoms. The SMILES string of the molecule is NC(=O)c1cc(F)c(N[C@@H]2CCCC[C@@H]2N)nc1Nc1cncc(-c2ccc(O)c(O)c2)c1. The van der Waals surface area contributed by atoms with E-state index in [9.17, 15) is 19.4 Å². The van der Waals surface area contributed by atoms with Crippen LogP contribution in [0.2, 0.25) is 0 Å². The molecule has 1 fully saturated rings. The molecule has 0 aliphatic heterocycles. The summed E-state index contributed by atoms with van der Waals surface area (Å²) >= 11 is 0. The third-order valence-electron chi connectivity index (χ3n) is 5.69. The summed E-state index contributed by atoms with van der Waals surface area (Å²) in [6.45, 7) is 0. The molecule has 1 amide bonds. The van der Waals surface area contributed by atoms with E-state index >= 15 is 0 Å². The van der Waals surface area contributed by atoms with Gasteiger partial charge >= 0.3 is 0 Å². The number of benzene rings is 1. The number of primary amides is 1. The minimum absolute atomic E-state index is 0.0163. The largest absolute Gasteiger partial charge is 0.504 e. The predicted octanol–water partition coefficient (Wildman–Crippen LogP) is 3.22. The summed E-state index contributed by atoms with van der Waals surface area (Å²) in [4.78, 5) is 20.4. The second-order valence-electron chi connectivity index (χ2n) is 8.07. The molecule has 9 nitrogen and oxygen atoms in total. The number of phenolic OH excluding ortho intramolecular Hbond substituents is 2. The molecule has 2 aromatic heterocycles. The number of carbonyl (C=O) groups excluding carboxylic acids is 1. The Morgan fingerprint density at radius 1 is 1.03 bits per heavy atom. The minimum Gasteiger partial charge on any atom is -0.504 e. The topological polar surface area (TPSA) is 159 Å². The third-order valence-corrected chi connectivity index (χ3v) is 5.69. The maximum atomic E-state index is 14.7. The van der Waals surface area contributed by atoms with Crippen molar-refractivity contribution in [3.05, 3.63) is 54.1 Å². The van der Waals surface area contributed by atoms with Crippen molar-refractivity contribution in [2.24, 2.45) is 11.5 Å². The lowest BCUT2D eigenvalue weighted by molar-refractivity contribution is 0.100. The number of nitrogens with two attached hydrogens (primary N) is 2. The fourth-order valence-electron chi connectivity index (χ4n) is 3.89. The number of rotatable bonds is 6. The number of nitrogens with zero attached hydrogens (tertiary/aromatic N) is 2. The molecule has 4 rings (SSSR count). The minimum atomic E-state index is -0.836. The van der Waals surface area contributed by atoms with Crippen molar-refractivity contribution in [2.75, 3.05) is 10.6 Å². The Morgan fingerprint density at radius 2 is 1.82 bits per heavy atom. The Balaban J connectivity index is 1.65. The Hall–Kier alpha value is -3.92. The summed E-state index contributed by atoms with van der Waals surface area (Å²) in [6, 6.07) is 6.90. The number of amides is 1. The number of anilines is 3. The van der Waals surface area contributed by atoms with Crippen molar-refractivity contribution < 1.29 is 19.4 Å². The fourth-order valence-corrected chi connectivity index (χ4v) is 3.89. The van der Waals surface area contributed by atoms with Crippen LogP contribution < -0.4 is 22.1 Å². The molecular weight excluding hydrogens is 427 g/mol. The molecule has 10 heteroatoms. The molecule has 0 radical (unpaired) electrons. The van der Waals surface area contributed by atoms with Crippen LogP contribution in [-0.4, -0.2) is 38.2 Å². The van der Waals surface area contributed by atoms with E-state index in [1.54, 1.807) is 18.3 Å². The molecule has 1 aliphatic carbocycles. The molecule has 8 N–H and O–H groups in total. The number of halogens is 1. The third kappa shape index (κ3) is 4.96. The normalized spacial score (nSPS) is 18.0. The number of aromatic nitrogens is 2. The number of carbonyl (C=O) groups is 1. The van der Waals surface area contributed by atoms with Gasteiger partial charge in [-0.15, -0.1) is 0 Å². The van der Waals surface area contributed by atoms with Gasteiger partial charge < -0.3 is 32.3 Å². The molecule has 1 aliphatic rings. The lowest BCUT2D eigenvalue weighted by Gasteiger charge is -2.30. The number of hydrogen-bond donors (Lipinski definition) is 6. The molecule has 1 saturated carbocycles. The van der Waals surface area contributed by atoms with Crippen LogP contribution in [0.5, 0.6) is 11.5 Å². The number of nitrogens with one attached hydrogen (secondary N) is 2. The zero-order chi connectivity index (χ0) is 23.5. The zero-order valence-electron chi connectivity index (χ0n) is 17.8. The summed E-state index contributed by atoms with van der Waals surface area (Å²) in [5, 5.41) is 25.4. The first-order valence-electron chi connectivity index (χ1n) is 10.6. The number of pyridine rings is 2. The van der Waals surface area contributed by atoms with E-state index < -0.39 is 11.7 Å². The van der Waals surface area contributed by atoms with Crippen LogP contribution in [0.3, 0.4) is 0 Å². The van der Waals surface area contributed by atoms with E-state index in [2.05, 4.69) is 20.6 Å². The van der Waals surface area contributed by atoms with Crippen LogP contribution in [-0.2, 0) is 0 Å². The first kappa shape index (κ1) is 22.3. The summed E-state index contributed by atoms with van der Waals surface area (Å²) < 4.78 is 14.7. The maximum Gasteiger partial charge on any atom is 0.252 e. The van der Waals surface area contributed by atoms with E-state index in [0.29, 0.717) is 16.8 Å². The van der Waals surface area contributed by atoms with Gasteiger partial charge in [-0.2, -0.15) is 0 Å². The van der Waals surface area contributed by atoms with Gasteiger partial charge in [0.25, 0.3) is 5.91 Å². The highest BCUT2D eigenvalue weighted by Gasteiger charge is 2.24. The smallest absolute Gasteiger partial charge is 0.252 e. The highest BCUT2D eigenvalue weighted by Crippen LogP contribution is 2.32. The van der Waals surface area contributed by atoms with E-state index in [1.807, 2.05) is 0 Å². The Morgan fingerprint density at radius 3 is 2.55 bits per heavy atom. The van der Waals surface area contributed by atoms with Crippen LogP contribution in [0.4, 0.5) is 21.7 Å². The van der Waals surface area contributed by atoms with Gasteiger partial charge in [0.2, 0.25) is 0 Å². The van der Waals surface area contributed by atoms with Crippen molar-refractivity contribution in [3.8, 4) is 22.6 Å². The van der Waals surface area contributed by atoms with Crippen molar-refractivity contribution >= 4 is 23.2 Å². The van der Waals surface area contributed by atoms with Crippen molar-refractivity contribution in [2.45, 2.75) is 37.8 Å². The van der Waals surface area contributed by atoms with Crippen molar-refractivity contribution in [1.29, 1.82) is 0 Å². The van der Waals surface area contributed by atoms with Gasteiger partial charge in [-0.1, -0.05) is 18.9 Å². The summed E-state index contributed by atoms with van der Waals surface area (Å²) in [6.07, 6.45) is 6.74. The van der Waals surface area contributed by atoms with Crippen LogP contribution in [0, 0.1) is 5.82 Å². The Kier molecular flexibility index (Phi) is 6.27. The monoisotopic (exact) mass is 452 g/mol. The maximum absolute atomic E-state index is 14.7. The van der Waals surface area contributed by atoms with Crippen molar-refractivity contribution in [1.82, 2.24) is 9.97 Å². The molecule has 0 bridgehead atoms. The van der Waals surface area contributed by atoms with Gasteiger partial charge in [-0.05, 0) is 42.7 Å². The first-order valence-corrected chi connectivity index (χ1v) is 10.6. The standard InChI is InChI=1S/C23H25FN6O3/c24-16-9-15(21(26)33)22(30-23(16)29-18-4-2-1-3-17(18)25)28-14-7-13(10-27-11-14)12-5-6-19(31)20(32)8-12/h5-11,17-18,31-32H,1-4,25H2,(H2,26,33)(H2,28,29,30)/t17-,18+/m0/s1. The average molecular weight is 452 g/mol. The van der Waals surface area contributed by atoms with Crippen LogP contribution in [0.1, 0.15) is 36.0 Å². The summed E-state index contributed by atoms with van der Waals surface area (Å²) in [7, 11) is 0. The van der Waals surface area contributed by atoms with Gasteiger partial charge in [-0.3, -0.25) is 9.78 Å². The van der Waals surface area contributed by atoms with Crippen LogP contribution in [0.25, 0.3) is 11.1 Å². The molecule has 0 saturated heterocycles. The lowest BCUT2D eigenvalue weighted by atomic mass is 9.91. The Bertz CT molecular complexity index is 1190. The molecule has 0 unspecified atom stereocenters. The van der Waals surface area contributed by atoms with E-state index in [-0.39, 0.29) is 40.8 Å². The summed E-state index contributed by atoms with van der Waals surface area (Å²) in [5.41, 5.74) is 13.2. The molecule has 1 aromatic carbocycles. The average Bonchev–Trinajstić information content (AvgIpc) is 2.79. The van der Waals surface area contributed by atoms with Gasteiger partial charge in [0, 0.05) is 23.8 Å². The molecule has 0 spiro atoms. The van der Waals surface area contributed by atoms with Crippen molar-refractivity contribution in [3.63, 3.8) is 0 Å². The highest BCUT2D eigenvalue weighted by atomic mass is 19.1. The highest BCUT2D eigenvalue weighted by molar-refractivity contribution is 5.98. The molecular formula is C23H25FN6O3. The molecule has 172 valence electrons. The number of hydrogen-bond acceptors (Lipinski definition) is 8. The first-order chi connectivity index (χ1) is 15.8. The van der Waals surface area contributed by atoms with Crippen LogP contribution >= 0.6 is 0 Å². The van der Waals surface area contributed by atoms with Gasteiger partial charge in [-0.25, -0.2) is 9.37 Å². The number of aromatic hydroxyl groups is 2. The zero-order valence-corrected chi connectivity index (χ0v) is 17.8. The lowest BCUT2D eigenvalue weighted by Crippen LogP contribution is -2.43. The second kappa shape index (κ2) is 9.29. The summed E-state index contributed by atoms with van der Waals surface area (Å²) in [5.74, 6) is -1.98. The second-order valence-corrected chi connectivity index (χ2v) is 8.07. The molecule has 2 atom stereocenters. The quantitative estimate of drug-likeness (QED) is 0.311. The van der Waals surface area contributed by atoms with E-state index in [0.717, 1.165) is 31.7 Å². The van der Waals surface area contributed by atoms with E-state index in [1.165, 1.54) is 18.3 Å². The number of phenols is 2. The van der Waals surface area contributed by atoms with E-state index in [4.69, 9.17) is 11.5 Å². The predicted molar refractivity (Wildman–Crippen MR) is 123 cm³/mol. The molecule has 2 heterocycles. The fraction of sp³-hybridized carbons (Fsp3) is 0.261. The van der Waals surface area contributed by atoms with Gasteiger partial charge in [0.05, 0.1) is 17.4 Å². The van der Waals surface area contributed by atoms with Gasteiger partial charge in [0.1, 0.15) is 5.82 Å². The van der Waals surface area contributed by atoms with Gasteiger partial charge in [0.15, 0.2) is 23.1 Å². The van der Waals surface area contributed by atoms with Crippen LogP contribution in [0.15, 0.2) is 42.7 Å². The Labute approximate surface area is 189 Å².